The number of ether oxygens (including phenoxy) is 1. The van der Waals surface area contributed by atoms with Gasteiger partial charge in [-0.1, -0.05) is 24.3 Å². The van der Waals surface area contributed by atoms with E-state index < -0.39 is 5.97 Å². The van der Waals surface area contributed by atoms with E-state index in [0.29, 0.717) is 15.8 Å². The van der Waals surface area contributed by atoms with E-state index in [9.17, 15) is 14.0 Å². The predicted molar refractivity (Wildman–Crippen MR) is 115 cm³/mol. The van der Waals surface area contributed by atoms with Gasteiger partial charge in [0.05, 0.1) is 29.9 Å². The van der Waals surface area contributed by atoms with Crippen LogP contribution in [0, 0.1) is 5.82 Å². The molecule has 2 aromatic carbocycles. The molecular weight excluding hydrogens is 403 g/mol. The van der Waals surface area contributed by atoms with Gasteiger partial charge < -0.3 is 4.74 Å². The van der Waals surface area contributed by atoms with Crippen LogP contribution in [0.5, 0.6) is 0 Å². The van der Waals surface area contributed by atoms with Crippen LogP contribution >= 0.6 is 11.3 Å². The number of esters is 1. The van der Waals surface area contributed by atoms with Crippen molar-refractivity contribution in [3.8, 4) is 11.1 Å². The summed E-state index contributed by atoms with van der Waals surface area (Å²) in [4.78, 5) is 30.4. The Morgan fingerprint density at radius 1 is 1.20 bits per heavy atom. The summed E-state index contributed by atoms with van der Waals surface area (Å²) in [5.74, 6) is -0.728. The maximum atomic E-state index is 13.3. The number of nitrogens with zero attached hydrogens (tertiary/aromatic N) is 2. The predicted octanol–water partition coefficient (Wildman–Crippen LogP) is 4.88. The summed E-state index contributed by atoms with van der Waals surface area (Å²) < 4.78 is 20.0. The topological polar surface area (TPSA) is 61.2 Å². The van der Waals surface area contributed by atoms with Gasteiger partial charge in [-0.3, -0.25) is 9.36 Å². The lowest BCUT2D eigenvalue weighted by atomic mass is 10.1. The van der Waals surface area contributed by atoms with Gasteiger partial charge in [-0.2, -0.15) is 0 Å². The zero-order valence-corrected chi connectivity index (χ0v) is 17.3. The molecule has 5 nitrogen and oxygen atoms in total. The molecule has 2 heterocycles. The molecule has 0 aliphatic carbocycles. The molecular formula is C23H19FN2O3S. The third-order valence-electron chi connectivity index (χ3n) is 4.57. The Balaban J connectivity index is 1.70. The quantitative estimate of drug-likeness (QED) is 0.430. The zero-order chi connectivity index (χ0) is 21.3. The first-order valence-electron chi connectivity index (χ1n) is 9.45. The van der Waals surface area contributed by atoms with Crippen LogP contribution in [0.4, 0.5) is 4.39 Å². The molecule has 0 radical (unpaired) electrons. The second-order valence-corrected chi connectivity index (χ2v) is 8.03. The van der Waals surface area contributed by atoms with Crippen molar-refractivity contribution in [1.29, 1.82) is 0 Å². The van der Waals surface area contributed by atoms with Crippen LogP contribution in [0.25, 0.3) is 21.3 Å². The summed E-state index contributed by atoms with van der Waals surface area (Å²) in [5.41, 5.74) is 2.53. The maximum Gasteiger partial charge on any atom is 0.338 e. The van der Waals surface area contributed by atoms with E-state index in [2.05, 4.69) is 4.98 Å². The molecule has 0 spiro atoms. The van der Waals surface area contributed by atoms with E-state index in [1.165, 1.54) is 34.4 Å². The highest BCUT2D eigenvalue weighted by atomic mass is 32.1. The Bertz CT molecular complexity index is 1280. The van der Waals surface area contributed by atoms with Gasteiger partial charge in [-0.15, -0.1) is 11.3 Å². The van der Waals surface area contributed by atoms with Crippen LogP contribution in [-0.4, -0.2) is 21.6 Å². The molecule has 0 saturated heterocycles. The Labute approximate surface area is 176 Å². The van der Waals surface area contributed by atoms with E-state index in [1.54, 1.807) is 44.2 Å². The summed E-state index contributed by atoms with van der Waals surface area (Å²) in [6.45, 7) is 3.85. The van der Waals surface area contributed by atoms with Crippen LogP contribution in [-0.2, 0) is 11.3 Å². The van der Waals surface area contributed by atoms with Gasteiger partial charge in [0.1, 0.15) is 10.6 Å². The lowest BCUT2D eigenvalue weighted by Gasteiger charge is -2.10. The fourth-order valence-corrected chi connectivity index (χ4v) is 4.10. The summed E-state index contributed by atoms with van der Waals surface area (Å²) in [7, 11) is 0. The van der Waals surface area contributed by atoms with E-state index in [0.717, 1.165) is 16.7 Å². The fraction of sp³-hybridized carbons (Fsp3) is 0.174. The first-order valence-corrected chi connectivity index (χ1v) is 10.3. The second-order valence-electron chi connectivity index (χ2n) is 7.17. The normalized spacial score (nSPS) is 11.2. The molecule has 4 rings (SSSR count). The number of benzene rings is 2. The number of hydrogen-bond donors (Lipinski definition) is 0. The van der Waals surface area contributed by atoms with Gasteiger partial charge in [0.15, 0.2) is 0 Å². The monoisotopic (exact) mass is 422 g/mol. The van der Waals surface area contributed by atoms with Crippen LogP contribution in [0.3, 0.4) is 0 Å². The van der Waals surface area contributed by atoms with Crippen molar-refractivity contribution in [3.05, 3.63) is 87.5 Å². The molecule has 0 aliphatic rings. The molecule has 0 bridgehead atoms. The van der Waals surface area contributed by atoms with Gasteiger partial charge in [0, 0.05) is 10.9 Å². The Morgan fingerprint density at radius 2 is 1.97 bits per heavy atom. The highest BCUT2D eigenvalue weighted by molar-refractivity contribution is 7.17. The molecule has 4 aromatic rings. The van der Waals surface area contributed by atoms with Crippen LogP contribution in [0.1, 0.15) is 29.8 Å². The molecule has 152 valence electrons. The lowest BCUT2D eigenvalue weighted by molar-refractivity contribution is 0.0377. The molecule has 0 saturated carbocycles. The largest absolute Gasteiger partial charge is 0.459 e. The number of hydrogen-bond acceptors (Lipinski definition) is 5. The standard InChI is InChI=1S/C23H19FN2O3S/c1-14(2)29-23(28)17-5-3-4-15(10-17)11-26-13-25-21-20(22(26)27)19(12-30-21)16-6-8-18(24)9-7-16/h3-10,12-14H,11H2,1-2H3. The molecule has 7 heteroatoms. The Hall–Kier alpha value is -3.32. The van der Waals surface area contributed by atoms with Crippen molar-refractivity contribution in [1.82, 2.24) is 9.55 Å². The number of rotatable bonds is 5. The third kappa shape index (κ3) is 4.02. The van der Waals surface area contributed by atoms with Crippen molar-refractivity contribution in [2.24, 2.45) is 0 Å². The minimum Gasteiger partial charge on any atom is -0.459 e. The van der Waals surface area contributed by atoms with E-state index in [1.807, 2.05) is 11.4 Å². The summed E-state index contributed by atoms with van der Waals surface area (Å²) >= 11 is 1.37. The molecule has 0 fully saturated rings. The number of aromatic nitrogens is 2. The smallest absolute Gasteiger partial charge is 0.338 e. The maximum absolute atomic E-state index is 13.3. The van der Waals surface area contributed by atoms with Crippen molar-refractivity contribution < 1.29 is 13.9 Å². The lowest BCUT2D eigenvalue weighted by Crippen LogP contribution is -2.21. The van der Waals surface area contributed by atoms with Crippen molar-refractivity contribution in [3.63, 3.8) is 0 Å². The number of carbonyl (C=O) groups excluding carboxylic acids is 1. The van der Waals surface area contributed by atoms with Gasteiger partial charge in [-0.05, 0) is 49.2 Å². The van der Waals surface area contributed by atoms with Crippen molar-refractivity contribution >= 4 is 27.5 Å². The highest BCUT2D eigenvalue weighted by Gasteiger charge is 2.14. The summed E-state index contributed by atoms with van der Waals surface area (Å²) in [6, 6.07) is 13.1. The van der Waals surface area contributed by atoms with Gasteiger partial charge in [-0.25, -0.2) is 14.2 Å². The zero-order valence-electron chi connectivity index (χ0n) is 16.5. The van der Waals surface area contributed by atoms with Crippen LogP contribution < -0.4 is 5.56 Å². The number of halogens is 1. The average Bonchev–Trinajstić information content (AvgIpc) is 3.15. The van der Waals surface area contributed by atoms with Crippen LogP contribution in [0.15, 0.2) is 65.0 Å². The van der Waals surface area contributed by atoms with Crippen LogP contribution in [0.2, 0.25) is 0 Å². The average molecular weight is 422 g/mol. The van der Waals surface area contributed by atoms with E-state index >= 15 is 0 Å². The molecule has 0 atom stereocenters. The molecule has 0 amide bonds. The molecule has 2 aromatic heterocycles. The number of carbonyl (C=O) groups is 1. The highest BCUT2D eigenvalue weighted by Crippen LogP contribution is 2.30. The van der Waals surface area contributed by atoms with Crippen molar-refractivity contribution in [2.75, 3.05) is 0 Å². The second kappa shape index (κ2) is 8.20. The fourth-order valence-electron chi connectivity index (χ4n) is 3.20. The third-order valence-corrected chi connectivity index (χ3v) is 5.46. The van der Waals surface area contributed by atoms with E-state index in [-0.39, 0.29) is 24.0 Å². The Morgan fingerprint density at radius 3 is 2.70 bits per heavy atom. The van der Waals surface area contributed by atoms with Gasteiger partial charge in [0.25, 0.3) is 5.56 Å². The number of thiophene rings is 1. The van der Waals surface area contributed by atoms with E-state index in [4.69, 9.17) is 4.74 Å². The minimum absolute atomic E-state index is 0.185. The number of fused-ring (bicyclic) bond motifs is 1. The minimum atomic E-state index is -0.399. The first kappa shape index (κ1) is 20.0. The summed E-state index contributed by atoms with van der Waals surface area (Å²) in [5, 5.41) is 2.36. The molecule has 0 unspecified atom stereocenters. The first-order chi connectivity index (χ1) is 14.4. The molecule has 0 aliphatic heterocycles. The van der Waals surface area contributed by atoms with Gasteiger partial charge >= 0.3 is 5.97 Å². The molecule has 0 N–H and O–H groups in total. The Kier molecular flexibility index (Phi) is 5.46. The van der Waals surface area contributed by atoms with Crippen molar-refractivity contribution in [2.45, 2.75) is 26.5 Å². The SMILES string of the molecule is CC(C)OC(=O)c1cccc(Cn2cnc3scc(-c4ccc(F)cc4)c3c2=O)c1. The molecule has 30 heavy (non-hydrogen) atoms. The summed E-state index contributed by atoms with van der Waals surface area (Å²) in [6.07, 6.45) is 1.30. The van der Waals surface area contributed by atoms with Gasteiger partial charge in [0.2, 0.25) is 0 Å².